The maximum Gasteiger partial charge on any atom is 0.271 e. The molecule has 1 fully saturated rings. The molecule has 5 nitrogen and oxygen atoms in total. The molecule has 0 aromatic carbocycles. The lowest BCUT2D eigenvalue weighted by molar-refractivity contribution is 0.0926. The van der Waals surface area contributed by atoms with E-state index >= 15 is 0 Å². The third-order valence-corrected chi connectivity index (χ3v) is 3.67. The van der Waals surface area contributed by atoms with Crippen molar-refractivity contribution in [3.05, 3.63) is 18.0 Å². The predicted molar refractivity (Wildman–Crippen MR) is 65.5 cm³/mol. The van der Waals surface area contributed by atoms with E-state index < -0.39 is 0 Å². The van der Waals surface area contributed by atoms with Crippen LogP contribution in [-0.4, -0.2) is 28.8 Å². The number of hydrogen-bond donors (Lipinski definition) is 2. The molecule has 3 N–H and O–H groups in total. The molecule has 17 heavy (non-hydrogen) atoms. The normalized spacial score (nSPS) is 18.2. The Labute approximate surface area is 101 Å². The zero-order valence-electron chi connectivity index (χ0n) is 10.3. The molecule has 1 aromatic rings. The first-order valence-corrected chi connectivity index (χ1v) is 6.13. The van der Waals surface area contributed by atoms with Gasteiger partial charge in [-0.05, 0) is 30.9 Å². The van der Waals surface area contributed by atoms with Crippen molar-refractivity contribution in [2.45, 2.75) is 25.7 Å². The molecule has 0 bridgehead atoms. The van der Waals surface area contributed by atoms with E-state index in [0.29, 0.717) is 18.8 Å². The van der Waals surface area contributed by atoms with Gasteiger partial charge >= 0.3 is 0 Å². The number of rotatable bonds is 4. The van der Waals surface area contributed by atoms with Gasteiger partial charge in [0.05, 0.1) is 0 Å². The lowest BCUT2D eigenvalue weighted by Gasteiger charge is -2.27. The summed E-state index contributed by atoms with van der Waals surface area (Å²) in [6.07, 6.45) is 6.44. The maximum absolute atomic E-state index is 11.8. The van der Waals surface area contributed by atoms with Crippen molar-refractivity contribution in [2.75, 3.05) is 13.1 Å². The van der Waals surface area contributed by atoms with Crippen LogP contribution in [0.4, 0.5) is 0 Å². The average Bonchev–Trinajstić information content (AvgIpc) is 2.95. The number of aryl methyl sites for hydroxylation is 1. The van der Waals surface area contributed by atoms with Gasteiger partial charge in [-0.15, -0.1) is 0 Å². The van der Waals surface area contributed by atoms with Crippen LogP contribution in [0.3, 0.4) is 0 Å². The van der Waals surface area contributed by atoms with E-state index in [-0.39, 0.29) is 11.3 Å². The SMILES string of the molecule is Cn1ccc(C(=O)NCC2(CN)CCCC2)n1. The highest BCUT2D eigenvalue weighted by Crippen LogP contribution is 2.36. The van der Waals surface area contributed by atoms with Gasteiger partial charge in [-0.25, -0.2) is 0 Å². The van der Waals surface area contributed by atoms with Gasteiger partial charge in [-0.2, -0.15) is 5.10 Å². The summed E-state index contributed by atoms with van der Waals surface area (Å²) >= 11 is 0. The van der Waals surface area contributed by atoms with Crippen LogP contribution in [0.1, 0.15) is 36.2 Å². The number of carbonyl (C=O) groups is 1. The van der Waals surface area contributed by atoms with Gasteiger partial charge in [-0.3, -0.25) is 9.48 Å². The summed E-state index contributed by atoms with van der Waals surface area (Å²) in [4.78, 5) is 11.8. The van der Waals surface area contributed by atoms with E-state index in [4.69, 9.17) is 5.73 Å². The molecule has 1 heterocycles. The Bertz CT molecular complexity index is 393. The third-order valence-electron chi connectivity index (χ3n) is 3.67. The molecule has 1 saturated carbocycles. The molecule has 1 aliphatic rings. The molecule has 1 aliphatic carbocycles. The lowest BCUT2D eigenvalue weighted by atomic mass is 9.86. The largest absolute Gasteiger partial charge is 0.350 e. The van der Waals surface area contributed by atoms with Crippen LogP contribution >= 0.6 is 0 Å². The van der Waals surface area contributed by atoms with Gasteiger partial charge in [0.2, 0.25) is 0 Å². The molecule has 0 unspecified atom stereocenters. The number of carbonyl (C=O) groups excluding carboxylic acids is 1. The summed E-state index contributed by atoms with van der Waals surface area (Å²) in [7, 11) is 1.80. The summed E-state index contributed by atoms with van der Waals surface area (Å²) in [6.45, 7) is 1.31. The van der Waals surface area contributed by atoms with E-state index in [2.05, 4.69) is 10.4 Å². The summed E-state index contributed by atoms with van der Waals surface area (Å²) < 4.78 is 1.63. The van der Waals surface area contributed by atoms with Crippen molar-refractivity contribution in [3.63, 3.8) is 0 Å². The van der Waals surface area contributed by atoms with E-state index in [0.717, 1.165) is 12.8 Å². The monoisotopic (exact) mass is 236 g/mol. The van der Waals surface area contributed by atoms with Gasteiger partial charge < -0.3 is 11.1 Å². The standard InChI is InChI=1S/C12H20N4O/c1-16-7-4-10(15-16)11(17)14-9-12(8-13)5-2-3-6-12/h4,7H,2-3,5-6,8-9,13H2,1H3,(H,14,17). The topological polar surface area (TPSA) is 72.9 Å². The molecule has 1 amide bonds. The molecular weight excluding hydrogens is 216 g/mol. The molecular formula is C12H20N4O. The minimum atomic E-state index is -0.106. The minimum Gasteiger partial charge on any atom is -0.350 e. The first-order valence-electron chi connectivity index (χ1n) is 6.13. The molecule has 0 aliphatic heterocycles. The van der Waals surface area contributed by atoms with Gasteiger partial charge in [0.1, 0.15) is 5.69 Å². The second-order valence-corrected chi connectivity index (χ2v) is 4.97. The smallest absolute Gasteiger partial charge is 0.271 e. The molecule has 0 atom stereocenters. The van der Waals surface area contributed by atoms with Gasteiger partial charge in [0.15, 0.2) is 0 Å². The zero-order valence-corrected chi connectivity index (χ0v) is 10.3. The number of nitrogens with one attached hydrogen (secondary N) is 1. The van der Waals surface area contributed by atoms with Crippen molar-refractivity contribution in [1.29, 1.82) is 0 Å². The second kappa shape index (κ2) is 4.87. The fraction of sp³-hybridized carbons (Fsp3) is 0.667. The van der Waals surface area contributed by atoms with E-state index in [1.807, 2.05) is 0 Å². The van der Waals surface area contributed by atoms with Crippen LogP contribution in [0.25, 0.3) is 0 Å². The Morgan fingerprint density at radius 3 is 2.82 bits per heavy atom. The van der Waals surface area contributed by atoms with E-state index in [9.17, 15) is 4.79 Å². The fourth-order valence-electron chi connectivity index (χ4n) is 2.47. The molecule has 0 saturated heterocycles. The predicted octanol–water partition coefficient (Wildman–Crippen LogP) is 0.669. The van der Waals surface area contributed by atoms with Gasteiger partial charge in [-0.1, -0.05) is 12.8 Å². The number of amides is 1. The van der Waals surface area contributed by atoms with Crippen LogP contribution in [0, 0.1) is 5.41 Å². The van der Waals surface area contributed by atoms with Crippen molar-refractivity contribution >= 4 is 5.91 Å². The Kier molecular flexibility index (Phi) is 3.47. The van der Waals surface area contributed by atoms with Crippen molar-refractivity contribution < 1.29 is 4.79 Å². The third kappa shape index (κ3) is 2.66. The molecule has 94 valence electrons. The average molecular weight is 236 g/mol. The highest BCUT2D eigenvalue weighted by molar-refractivity contribution is 5.92. The summed E-state index contributed by atoms with van der Waals surface area (Å²) in [5, 5.41) is 7.03. The Morgan fingerprint density at radius 1 is 1.59 bits per heavy atom. The first kappa shape index (κ1) is 12.1. The van der Waals surface area contributed by atoms with Crippen molar-refractivity contribution in [2.24, 2.45) is 18.2 Å². The number of nitrogens with two attached hydrogens (primary N) is 1. The first-order chi connectivity index (χ1) is 8.15. The van der Waals surface area contributed by atoms with Crippen LogP contribution in [-0.2, 0) is 7.05 Å². The summed E-state index contributed by atoms with van der Waals surface area (Å²) in [5.41, 5.74) is 6.41. The fourth-order valence-corrected chi connectivity index (χ4v) is 2.47. The second-order valence-electron chi connectivity index (χ2n) is 4.97. The summed E-state index contributed by atoms with van der Waals surface area (Å²) in [5.74, 6) is -0.106. The maximum atomic E-state index is 11.8. The number of aromatic nitrogens is 2. The molecule has 1 aromatic heterocycles. The van der Waals surface area contributed by atoms with Gasteiger partial charge in [0.25, 0.3) is 5.91 Å². The van der Waals surface area contributed by atoms with Crippen LogP contribution in [0.5, 0.6) is 0 Å². The van der Waals surface area contributed by atoms with E-state index in [1.54, 1.807) is 24.0 Å². The quantitative estimate of drug-likeness (QED) is 0.807. The lowest BCUT2D eigenvalue weighted by Crippen LogP contribution is -2.40. The van der Waals surface area contributed by atoms with Crippen LogP contribution in [0.2, 0.25) is 0 Å². The number of hydrogen-bond acceptors (Lipinski definition) is 3. The highest BCUT2D eigenvalue weighted by atomic mass is 16.1. The van der Waals surface area contributed by atoms with Crippen molar-refractivity contribution in [3.8, 4) is 0 Å². The van der Waals surface area contributed by atoms with Gasteiger partial charge in [0, 0.05) is 19.8 Å². The van der Waals surface area contributed by atoms with Crippen LogP contribution in [0.15, 0.2) is 12.3 Å². The Balaban J connectivity index is 1.91. The number of nitrogens with zero attached hydrogens (tertiary/aromatic N) is 2. The van der Waals surface area contributed by atoms with E-state index in [1.165, 1.54) is 12.8 Å². The molecule has 2 rings (SSSR count). The summed E-state index contributed by atoms with van der Waals surface area (Å²) in [6, 6.07) is 1.72. The molecule has 0 spiro atoms. The molecule has 5 heteroatoms. The zero-order chi connectivity index (χ0) is 12.3. The highest BCUT2D eigenvalue weighted by Gasteiger charge is 2.32. The Morgan fingerprint density at radius 2 is 2.29 bits per heavy atom. The Hall–Kier alpha value is -1.36. The molecule has 0 radical (unpaired) electrons. The minimum absolute atomic E-state index is 0.106. The van der Waals surface area contributed by atoms with Crippen molar-refractivity contribution in [1.82, 2.24) is 15.1 Å². The van der Waals surface area contributed by atoms with Crippen LogP contribution < -0.4 is 11.1 Å².